The smallest absolute Gasteiger partial charge is 0.194 e. The number of pyridine rings is 1. The summed E-state index contributed by atoms with van der Waals surface area (Å²) < 4.78 is 0. The van der Waals surface area contributed by atoms with E-state index in [2.05, 4.69) is 75.4 Å². The molecule has 0 spiro atoms. The molecule has 33 heavy (non-hydrogen) atoms. The summed E-state index contributed by atoms with van der Waals surface area (Å²) in [5.74, 6) is 0. The highest BCUT2D eigenvalue weighted by atomic mass is 35.5. The van der Waals surface area contributed by atoms with Gasteiger partial charge < -0.3 is 4.98 Å². The number of nitrogens with zero attached hydrogens (tertiary/aromatic N) is 2. The van der Waals surface area contributed by atoms with Crippen LogP contribution in [0.1, 0.15) is 28.4 Å². The Morgan fingerprint density at radius 1 is 0.848 bits per heavy atom. The van der Waals surface area contributed by atoms with Crippen LogP contribution in [0.15, 0.2) is 83.7 Å². The van der Waals surface area contributed by atoms with Gasteiger partial charge in [0.15, 0.2) is 5.43 Å². The number of aryl methyl sites for hydroxylation is 1. The first-order chi connectivity index (χ1) is 16.1. The molecule has 3 aromatic carbocycles. The zero-order valence-electron chi connectivity index (χ0n) is 18.8. The van der Waals surface area contributed by atoms with Gasteiger partial charge in [-0.25, -0.2) is 0 Å². The normalized spacial score (nSPS) is 15.4. The molecule has 1 fully saturated rings. The van der Waals surface area contributed by atoms with E-state index in [9.17, 15) is 4.79 Å². The molecule has 0 radical (unpaired) electrons. The van der Waals surface area contributed by atoms with Crippen molar-refractivity contribution in [3.8, 4) is 0 Å². The second-order valence-corrected chi connectivity index (χ2v) is 9.16. The molecule has 1 aliphatic heterocycles. The van der Waals surface area contributed by atoms with Gasteiger partial charge in [-0.15, -0.1) is 0 Å². The standard InChI is InChI=1S/C28H28ClN3O/c1-20-24(28(33)23-13-8-14-25(29)26(23)30-20)19-31-15-17-32(18-16-31)27(21-9-4-2-5-10-21)22-11-6-3-7-12-22/h2-14,27H,15-19H2,1H3,(H,30,33). The van der Waals surface area contributed by atoms with Crippen molar-refractivity contribution in [2.24, 2.45) is 0 Å². The van der Waals surface area contributed by atoms with Gasteiger partial charge in [-0.05, 0) is 30.2 Å². The molecule has 1 saturated heterocycles. The number of H-pyrrole nitrogens is 1. The fourth-order valence-corrected chi connectivity index (χ4v) is 5.14. The molecule has 0 aliphatic carbocycles. The van der Waals surface area contributed by atoms with Crippen molar-refractivity contribution in [3.05, 3.63) is 116 Å². The maximum Gasteiger partial charge on any atom is 0.194 e. The molecule has 1 aliphatic rings. The van der Waals surface area contributed by atoms with E-state index in [0.717, 1.165) is 43.0 Å². The SMILES string of the molecule is Cc1[nH]c2c(Cl)cccc2c(=O)c1CN1CCN(C(c2ccccc2)c2ccccc2)CC1. The molecule has 0 unspecified atom stereocenters. The Labute approximate surface area is 199 Å². The molecule has 1 N–H and O–H groups in total. The summed E-state index contributed by atoms with van der Waals surface area (Å²) in [5.41, 5.74) is 5.17. The molecule has 0 atom stereocenters. The van der Waals surface area contributed by atoms with Crippen molar-refractivity contribution >= 4 is 22.5 Å². The summed E-state index contributed by atoms with van der Waals surface area (Å²) in [5, 5.41) is 1.25. The van der Waals surface area contributed by atoms with Crippen molar-refractivity contribution in [3.63, 3.8) is 0 Å². The monoisotopic (exact) mass is 457 g/mol. The largest absolute Gasteiger partial charge is 0.357 e. The van der Waals surface area contributed by atoms with Crippen LogP contribution in [-0.2, 0) is 6.54 Å². The second kappa shape index (κ2) is 9.52. The first-order valence-electron chi connectivity index (χ1n) is 11.5. The minimum atomic E-state index is 0.0811. The van der Waals surface area contributed by atoms with Crippen LogP contribution >= 0.6 is 11.6 Å². The molecule has 5 rings (SSSR count). The molecule has 1 aromatic heterocycles. The van der Waals surface area contributed by atoms with Crippen LogP contribution in [-0.4, -0.2) is 41.0 Å². The number of benzene rings is 3. The lowest BCUT2D eigenvalue weighted by molar-refractivity contribution is 0.104. The van der Waals surface area contributed by atoms with Crippen LogP contribution in [0.2, 0.25) is 5.02 Å². The predicted molar refractivity (Wildman–Crippen MR) is 136 cm³/mol. The molecule has 4 nitrogen and oxygen atoms in total. The summed E-state index contributed by atoms with van der Waals surface area (Å²) in [7, 11) is 0. The van der Waals surface area contributed by atoms with Gasteiger partial charge in [-0.2, -0.15) is 0 Å². The Morgan fingerprint density at radius 3 is 2.06 bits per heavy atom. The Balaban J connectivity index is 1.35. The first-order valence-corrected chi connectivity index (χ1v) is 11.9. The van der Waals surface area contributed by atoms with Gasteiger partial charge in [0.2, 0.25) is 0 Å². The van der Waals surface area contributed by atoms with E-state index in [1.54, 1.807) is 0 Å². The predicted octanol–water partition coefficient (Wildman–Crippen LogP) is 5.40. The van der Waals surface area contributed by atoms with E-state index < -0.39 is 0 Å². The second-order valence-electron chi connectivity index (χ2n) is 8.76. The minimum Gasteiger partial charge on any atom is -0.357 e. The average Bonchev–Trinajstić information content (AvgIpc) is 2.85. The van der Waals surface area contributed by atoms with Crippen molar-refractivity contribution in [1.82, 2.24) is 14.8 Å². The lowest BCUT2D eigenvalue weighted by Crippen LogP contribution is -2.47. The summed E-state index contributed by atoms with van der Waals surface area (Å²) in [6.45, 7) is 6.36. The highest BCUT2D eigenvalue weighted by Crippen LogP contribution is 2.30. The van der Waals surface area contributed by atoms with Gasteiger partial charge in [0, 0.05) is 49.4 Å². The molecule has 168 valence electrons. The summed E-state index contributed by atoms with van der Waals surface area (Å²) in [6.07, 6.45) is 0. The van der Waals surface area contributed by atoms with Gasteiger partial charge in [0.05, 0.1) is 16.6 Å². The third-order valence-corrected chi connectivity index (χ3v) is 7.00. The number of para-hydroxylation sites is 1. The van der Waals surface area contributed by atoms with Gasteiger partial charge in [0.1, 0.15) is 0 Å². The van der Waals surface area contributed by atoms with E-state index in [-0.39, 0.29) is 11.5 Å². The number of hydrogen-bond acceptors (Lipinski definition) is 3. The molecule has 0 saturated carbocycles. The highest BCUT2D eigenvalue weighted by molar-refractivity contribution is 6.35. The van der Waals surface area contributed by atoms with E-state index in [4.69, 9.17) is 11.6 Å². The molecular weight excluding hydrogens is 430 g/mol. The first kappa shape index (κ1) is 21.9. The highest BCUT2D eigenvalue weighted by Gasteiger charge is 2.27. The number of halogens is 1. The third kappa shape index (κ3) is 4.47. The number of piperazine rings is 1. The number of fused-ring (bicyclic) bond motifs is 1. The fourth-order valence-electron chi connectivity index (χ4n) is 4.91. The van der Waals surface area contributed by atoms with Crippen LogP contribution in [0.4, 0.5) is 0 Å². The van der Waals surface area contributed by atoms with Crippen LogP contribution in [0.5, 0.6) is 0 Å². The summed E-state index contributed by atoms with van der Waals surface area (Å²) in [6, 6.07) is 27.2. The Hall–Kier alpha value is -2.92. The lowest BCUT2D eigenvalue weighted by Gasteiger charge is -2.40. The van der Waals surface area contributed by atoms with Crippen LogP contribution < -0.4 is 5.43 Å². The van der Waals surface area contributed by atoms with Crippen molar-refractivity contribution in [1.29, 1.82) is 0 Å². The van der Waals surface area contributed by atoms with E-state index in [0.29, 0.717) is 17.0 Å². The fraction of sp³-hybridized carbons (Fsp3) is 0.250. The topological polar surface area (TPSA) is 39.3 Å². The maximum absolute atomic E-state index is 13.2. The van der Waals surface area contributed by atoms with Gasteiger partial charge in [-0.3, -0.25) is 14.6 Å². The van der Waals surface area contributed by atoms with Crippen molar-refractivity contribution in [2.75, 3.05) is 26.2 Å². The lowest BCUT2D eigenvalue weighted by atomic mass is 9.96. The van der Waals surface area contributed by atoms with Crippen molar-refractivity contribution in [2.45, 2.75) is 19.5 Å². The Morgan fingerprint density at radius 2 is 1.45 bits per heavy atom. The molecule has 4 aromatic rings. The average molecular weight is 458 g/mol. The minimum absolute atomic E-state index is 0.0811. The van der Waals surface area contributed by atoms with Gasteiger partial charge in [0.25, 0.3) is 0 Å². The number of hydrogen-bond donors (Lipinski definition) is 1. The zero-order chi connectivity index (χ0) is 22.8. The Bertz CT molecular complexity index is 1260. The molecule has 2 heterocycles. The van der Waals surface area contributed by atoms with Crippen molar-refractivity contribution < 1.29 is 0 Å². The molecule has 0 bridgehead atoms. The number of nitrogens with one attached hydrogen (secondary N) is 1. The molecule has 0 amide bonds. The van der Waals surface area contributed by atoms with Crippen LogP contribution in [0.3, 0.4) is 0 Å². The van der Waals surface area contributed by atoms with Gasteiger partial charge in [-0.1, -0.05) is 78.3 Å². The molecular formula is C28H28ClN3O. The summed E-state index contributed by atoms with van der Waals surface area (Å²) >= 11 is 6.31. The quantitative estimate of drug-likeness (QED) is 0.436. The van der Waals surface area contributed by atoms with Gasteiger partial charge >= 0.3 is 0 Å². The van der Waals surface area contributed by atoms with E-state index in [1.807, 2.05) is 25.1 Å². The summed E-state index contributed by atoms with van der Waals surface area (Å²) in [4.78, 5) is 21.5. The van der Waals surface area contributed by atoms with Crippen LogP contribution in [0, 0.1) is 6.92 Å². The Kier molecular flexibility index (Phi) is 6.32. The number of rotatable bonds is 5. The third-order valence-electron chi connectivity index (χ3n) is 6.68. The molecule has 5 heteroatoms. The van der Waals surface area contributed by atoms with E-state index in [1.165, 1.54) is 11.1 Å². The number of aromatic nitrogens is 1. The van der Waals surface area contributed by atoms with Crippen LogP contribution in [0.25, 0.3) is 10.9 Å². The zero-order valence-corrected chi connectivity index (χ0v) is 19.6. The maximum atomic E-state index is 13.2. The number of aromatic amines is 1. The van der Waals surface area contributed by atoms with E-state index >= 15 is 0 Å².